The zero-order chi connectivity index (χ0) is 13.7. The van der Waals surface area contributed by atoms with E-state index in [1.165, 1.54) is 6.07 Å². The maximum atomic E-state index is 10.6. The van der Waals surface area contributed by atoms with Crippen molar-refractivity contribution in [3.63, 3.8) is 0 Å². The average molecular weight is 273 g/mol. The summed E-state index contributed by atoms with van der Waals surface area (Å²) >= 11 is 5.98. The van der Waals surface area contributed by atoms with Crippen LogP contribution in [0.5, 0.6) is 5.75 Å². The number of halogens is 1. The number of rotatable bonds is 4. The standard InChI is InChI=1S/C14H9ClN2O2/c15-12-6-10(8-18)3-4-14(12)19-9-11-2-1-5-17-13(11)7-16/h1-6,8H,9H2. The normalized spacial score (nSPS) is 9.68. The summed E-state index contributed by atoms with van der Waals surface area (Å²) < 4.78 is 5.53. The number of aromatic nitrogens is 1. The van der Waals surface area contributed by atoms with Gasteiger partial charge >= 0.3 is 0 Å². The minimum atomic E-state index is 0.191. The molecule has 0 aliphatic rings. The lowest BCUT2D eigenvalue weighted by Gasteiger charge is -2.08. The van der Waals surface area contributed by atoms with Crippen molar-refractivity contribution in [1.29, 1.82) is 5.26 Å². The van der Waals surface area contributed by atoms with Crippen LogP contribution in [0.25, 0.3) is 0 Å². The van der Waals surface area contributed by atoms with E-state index >= 15 is 0 Å². The minimum Gasteiger partial charge on any atom is -0.487 e. The number of benzene rings is 1. The van der Waals surface area contributed by atoms with E-state index < -0.39 is 0 Å². The number of hydrogen-bond acceptors (Lipinski definition) is 4. The molecule has 19 heavy (non-hydrogen) atoms. The molecular weight excluding hydrogens is 264 g/mol. The van der Waals surface area contributed by atoms with Crippen LogP contribution in [0.4, 0.5) is 0 Å². The van der Waals surface area contributed by atoms with Gasteiger partial charge < -0.3 is 4.74 Å². The quantitative estimate of drug-likeness (QED) is 0.803. The molecule has 4 nitrogen and oxygen atoms in total. The molecule has 0 aliphatic carbocycles. The summed E-state index contributed by atoms with van der Waals surface area (Å²) in [5.41, 5.74) is 1.49. The molecule has 2 rings (SSSR count). The lowest BCUT2D eigenvalue weighted by Crippen LogP contribution is -2.00. The van der Waals surface area contributed by atoms with Crippen LogP contribution in [0, 0.1) is 11.3 Å². The lowest BCUT2D eigenvalue weighted by atomic mass is 10.2. The molecule has 0 spiro atoms. The van der Waals surface area contributed by atoms with Crippen molar-refractivity contribution in [3.8, 4) is 11.8 Å². The summed E-state index contributed by atoms with van der Waals surface area (Å²) in [6.07, 6.45) is 2.26. The van der Waals surface area contributed by atoms with E-state index in [9.17, 15) is 4.79 Å². The second-order valence-electron chi connectivity index (χ2n) is 3.72. The van der Waals surface area contributed by atoms with E-state index in [1.54, 1.807) is 30.5 Å². The molecule has 1 aromatic carbocycles. The first-order valence-corrected chi connectivity index (χ1v) is 5.84. The predicted octanol–water partition coefficient (Wildman–Crippen LogP) is 3.00. The monoisotopic (exact) mass is 272 g/mol. The number of pyridine rings is 1. The first-order chi connectivity index (χ1) is 9.24. The molecule has 0 amide bonds. The van der Waals surface area contributed by atoms with E-state index in [0.717, 1.165) is 0 Å². The summed E-state index contributed by atoms with van der Waals surface area (Å²) in [6.45, 7) is 0.191. The van der Waals surface area contributed by atoms with Gasteiger partial charge in [-0.3, -0.25) is 4.79 Å². The van der Waals surface area contributed by atoms with Crippen LogP contribution in [0.3, 0.4) is 0 Å². The summed E-state index contributed by atoms with van der Waals surface area (Å²) in [6, 6.07) is 10.2. The highest BCUT2D eigenvalue weighted by atomic mass is 35.5. The van der Waals surface area contributed by atoms with Crippen molar-refractivity contribution < 1.29 is 9.53 Å². The van der Waals surface area contributed by atoms with E-state index in [1.807, 2.05) is 6.07 Å². The average Bonchev–Trinajstić information content (AvgIpc) is 2.46. The van der Waals surface area contributed by atoms with Gasteiger partial charge in [-0.15, -0.1) is 0 Å². The smallest absolute Gasteiger partial charge is 0.150 e. The molecule has 0 saturated heterocycles. The number of ether oxygens (including phenoxy) is 1. The highest BCUT2D eigenvalue weighted by Crippen LogP contribution is 2.25. The van der Waals surface area contributed by atoms with Crippen LogP contribution in [0.2, 0.25) is 5.02 Å². The zero-order valence-corrected chi connectivity index (χ0v) is 10.6. The Morgan fingerprint density at radius 2 is 2.26 bits per heavy atom. The van der Waals surface area contributed by atoms with Crippen molar-refractivity contribution in [1.82, 2.24) is 4.98 Å². The fourth-order valence-electron chi connectivity index (χ4n) is 1.52. The molecule has 0 N–H and O–H groups in total. The van der Waals surface area contributed by atoms with Crippen LogP contribution in [0.15, 0.2) is 36.5 Å². The minimum absolute atomic E-state index is 0.191. The second kappa shape index (κ2) is 5.98. The summed E-state index contributed by atoms with van der Waals surface area (Å²) in [5.74, 6) is 0.458. The van der Waals surface area contributed by atoms with Crippen molar-refractivity contribution in [2.75, 3.05) is 0 Å². The molecule has 0 bridgehead atoms. The third-order valence-corrected chi connectivity index (χ3v) is 2.77. The molecule has 0 saturated carbocycles. The van der Waals surface area contributed by atoms with Gasteiger partial charge in [-0.05, 0) is 24.3 Å². The lowest BCUT2D eigenvalue weighted by molar-refractivity contribution is 0.112. The third-order valence-electron chi connectivity index (χ3n) is 2.47. The van der Waals surface area contributed by atoms with Crippen molar-refractivity contribution in [2.24, 2.45) is 0 Å². The maximum absolute atomic E-state index is 10.6. The van der Waals surface area contributed by atoms with Crippen LogP contribution < -0.4 is 4.74 Å². The zero-order valence-electron chi connectivity index (χ0n) is 9.84. The Balaban J connectivity index is 2.15. The van der Waals surface area contributed by atoms with E-state index in [0.29, 0.717) is 33.9 Å². The number of aldehydes is 1. The van der Waals surface area contributed by atoms with Crippen LogP contribution in [0.1, 0.15) is 21.6 Å². The number of carbonyl (C=O) groups excluding carboxylic acids is 1. The molecule has 94 valence electrons. The Labute approximate surface area is 115 Å². The van der Waals surface area contributed by atoms with Crippen LogP contribution >= 0.6 is 11.6 Å². The number of carbonyl (C=O) groups is 1. The molecule has 1 heterocycles. The van der Waals surface area contributed by atoms with Gasteiger partial charge in [0.1, 0.15) is 30.4 Å². The van der Waals surface area contributed by atoms with Gasteiger partial charge in [0.2, 0.25) is 0 Å². The first-order valence-electron chi connectivity index (χ1n) is 5.46. The first kappa shape index (κ1) is 13.1. The number of nitrogens with zero attached hydrogens (tertiary/aromatic N) is 2. The van der Waals surface area contributed by atoms with Crippen molar-refractivity contribution in [3.05, 3.63) is 58.4 Å². The fraction of sp³-hybridized carbons (Fsp3) is 0.0714. The molecular formula is C14H9ClN2O2. The van der Waals surface area contributed by atoms with E-state index in [4.69, 9.17) is 21.6 Å². The molecule has 0 atom stereocenters. The predicted molar refractivity (Wildman–Crippen MR) is 70.1 cm³/mol. The topological polar surface area (TPSA) is 63.0 Å². The second-order valence-corrected chi connectivity index (χ2v) is 4.13. The number of hydrogen-bond donors (Lipinski definition) is 0. The Morgan fingerprint density at radius 1 is 1.42 bits per heavy atom. The molecule has 0 aliphatic heterocycles. The van der Waals surface area contributed by atoms with Crippen LogP contribution in [-0.2, 0) is 6.61 Å². The van der Waals surface area contributed by atoms with Gasteiger partial charge in [0.25, 0.3) is 0 Å². The van der Waals surface area contributed by atoms with Crippen molar-refractivity contribution in [2.45, 2.75) is 6.61 Å². The van der Waals surface area contributed by atoms with Crippen LogP contribution in [-0.4, -0.2) is 11.3 Å². The Morgan fingerprint density at radius 3 is 2.95 bits per heavy atom. The SMILES string of the molecule is N#Cc1ncccc1COc1ccc(C=O)cc1Cl. The Hall–Kier alpha value is -2.38. The molecule has 5 heteroatoms. The van der Waals surface area contributed by atoms with Gasteiger partial charge in [0.15, 0.2) is 0 Å². The Bertz CT molecular complexity index is 650. The molecule has 2 aromatic rings. The van der Waals surface area contributed by atoms with Gasteiger partial charge in [-0.25, -0.2) is 4.98 Å². The molecule has 0 radical (unpaired) electrons. The molecule has 1 aromatic heterocycles. The van der Waals surface area contributed by atoms with Crippen molar-refractivity contribution >= 4 is 17.9 Å². The largest absolute Gasteiger partial charge is 0.487 e. The summed E-state index contributed by atoms with van der Waals surface area (Å²) in [4.78, 5) is 14.5. The molecule has 0 fully saturated rings. The summed E-state index contributed by atoms with van der Waals surface area (Å²) in [7, 11) is 0. The summed E-state index contributed by atoms with van der Waals surface area (Å²) in [5, 5.41) is 9.26. The van der Waals surface area contributed by atoms with Gasteiger partial charge in [-0.2, -0.15) is 5.26 Å². The third kappa shape index (κ3) is 3.09. The van der Waals surface area contributed by atoms with E-state index in [2.05, 4.69) is 4.98 Å². The van der Waals surface area contributed by atoms with Gasteiger partial charge in [0.05, 0.1) is 5.02 Å². The van der Waals surface area contributed by atoms with Gasteiger partial charge in [0, 0.05) is 17.3 Å². The maximum Gasteiger partial charge on any atom is 0.150 e. The van der Waals surface area contributed by atoms with Gasteiger partial charge in [-0.1, -0.05) is 17.7 Å². The Kier molecular flexibility index (Phi) is 4.11. The van der Waals surface area contributed by atoms with E-state index in [-0.39, 0.29) is 6.61 Å². The fourth-order valence-corrected chi connectivity index (χ4v) is 1.76. The highest BCUT2D eigenvalue weighted by molar-refractivity contribution is 6.32. The number of nitriles is 1. The molecule has 0 unspecified atom stereocenters. The highest BCUT2D eigenvalue weighted by Gasteiger charge is 2.06.